The first-order valence-corrected chi connectivity index (χ1v) is 14.5. The van der Waals surface area contributed by atoms with Gasteiger partial charge in [0.15, 0.2) is 5.65 Å². The van der Waals surface area contributed by atoms with E-state index in [1.54, 1.807) is 18.2 Å². The molecule has 0 bridgehead atoms. The molecule has 2 aromatic heterocycles. The third-order valence-corrected chi connectivity index (χ3v) is 7.87. The maximum absolute atomic E-state index is 13.9. The smallest absolute Gasteiger partial charge is 0.256 e. The normalized spacial score (nSPS) is 18.7. The lowest BCUT2D eigenvalue weighted by Gasteiger charge is -2.35. The average molecular weight is 511 g/mol. The van der Waals surface area contributed by atoms with Gasteiger partial charge in [0.05, 0.1) is 29.2 Å². The standard InChI is InChI=1S/C26H34N6O3S/c1-17-10-11-21(29-36(4,34)35)20(15-17)26(33)31-14-6-5-9-23(31)22-16-24-27-19(3)18(2)25(32(24)28-22)30-12-7-8-13-30/h10-11,15-16,23,29H,5-9,12-14H2,1-4H3. The first-order valence-electron chi connectivity index (χ1n) is 12.6. The highest BCUT2D eigenvalue weighted by Gasteiger charge is 2.33. The summed E-state index contributed by atoms with van der Waals surface area (Å²) < 4.78 is 28.4. The number of nitrogens with zero attached hydrogens (tertiary/aromatic N) is 5. The zero-order valence-electron chi connectivity index (χ0n) is 21.4. The molecule has 1 aromatic carbocycles. The van der Waals surface area contributed by atoms with Crippen LogP contribution >= 0.6 is 0 Å². The number of likely N-dealkylation sites (tertiary alicyclic amines) is 1. The van der Waals surface area contributed by atoms with Crippen LogP contribution in [0.4, 0.5) is 11.5 Å². The molecule has 0 aliphatic carbocycles. The zero-order valence-corrected chi connectivity index (χ0v) is 22.2. The van der Waals surface area contributed by atoms with Crippen molar-refractivity contribution in [2.24, 2.45) is 0 Å². The summed E-state index contributed by atoms with van der Waals surface area (Å²) >= 11 is 0. The van der Waals surface area contributed by atoms with Crippen molar-refractivity contribution in [2.75, 3.05) is 35.5 Å². The minimum absolute atomic E-state index is 0.188. The van der Waals surface area contributed by atoms with Crippen LogP contribution in [0.3, 0.4) is 0 Å². The van der Waals surface area contributed by atoms with Crippen LogP contribution in [0.15, 0.2) is 24.3 Å². The number of hydrogen-bond donors (Lipinski definition) is 1. The molecule has 1 N–H and O–H groups in total. The fraction of sp³-hybridized carbons (Fsp3) is 0.500. The number of rotatable bonds is 5. The Morgan fingerprint density at radius 2 is 1.75 bits per heavy atom. The number of piperidine rings is 1. The summed E-state index contributed by atoms with van der Waals surface area (Å²) in [5.41, 5.74) is 5.30. The van der Waals surface area contributed by atoms with Gasteiger partial charge in [-0.05, 0) is 65.0 Å². The summed E-state index contributed by atoms with van der Waals surface area (Å²) in [5, 5.41) is 5.02. The molecule has 3 aromatic rings. The molecule has 2 aliphatic rings. The Morgan fingerprint density at radius 1 is 1.03 bits per heavy atom. The van der Waals surface area contributed by atoms with Crippen molar-refractivity contribution in [3.8, 4) is 0 Å². The lowest BCUT2D eigenvalue weighted by Crippen LogP contribution is -2.39. The van der Waals surface area contributed by atoms with Crippen molar-refractivity contribution in [3.63, 3.8) is 0 Å². The van der Waals surface area contributed by atoms with Crippen LogP contribution in [-0.2, 0) is 10.0 Å². The van der Waals surface area contributed by atoms with Crippen molar-refractivity contribution < 1.29 is 13.2 Å². The number of fused-ring (bicyclic) bond motifs is 1. The number of nitrogens with one attached hydrogen (secondary N) is 1. The monoisotopic (exact) mass is 510 g/mol. The van der Waals surface area contributed by atoms with Gasteiger partial charge in [-0.2, -0.15) is 9.61 Å². The summed E-state index contributed by atoms with van der Waals surface area (Å²) in [6.45, 7) is 8.63. The Bertz CT molecular complexity index is 1430. The van der Waals surface area contributed by atoms with E-state index in [0.717, 1.165) is 72.6 Å². The molecule has 2 aliphatic heterocycles. The van der Waals surface area contributed by atoms with Gasteiger partial charge in [-0.15, -0.1) is 0 Å². The van der Waals surface area contributed by atoms with Gasteiger partial charge in [0.2, 0.25) is 10.0 Å². The molecule has 0 spiro atoms. The average Bonchev–Trinajstić information content (AvgIpc) is 3.50. The highest BCUT2D eigenvalue weighted by atomic mass is 32.2. The maximum atomic E-state index is 13.9. The number of aromatic nitrogens is 3. The summed E-state index contributed by atoms with van der Waals surface area (Å²) in [5.74, 6) is 0.903. The molecule has 2 saturated heterocycles. The molecule has 1 unspecified atom stereocenters. The third-order valence-electron chi connectivity index (χ3n) is 7.28. The van der Waals surface area contributed by atoms with Gasteiger partial charge < -0.3 is 9.80 Å². The maximum Gasteiger partial charge on any atom is 0.256 e. The molecule has 10 heteroatoms. The topological polar surface area (TPSA) is 99.9 Å². The van der Waals surface area contributed by atoms with Gasteiger partial charge in [-0.3, -0.25) is 9.52 Å². The van der Waals surface area contributed by atoms with Crippen LogP contribution < -0.4 is 9.62 Å². The second kappa shape index (κ2) is 9.38. The van der Waals surface area contributed by atoms with E-state index in [9.17, 15) is 13.2 Å². The van der Waals surface area contributed by atoms with Crippen LogP contribution in [0, 0.1) is 20.8 Å². The fourth-order valence-corrected chi connectivity index (χ4v) is 6.00. The van der Waals surface area contributed by atoms with Crippen molar-refractivity contribution in [2.45, 2.75) is 58.9 Å². The number of carbonyl (C=O) groups excluding carboxylic acids is 1. The number of aryl methyl sites for hydroxylation is 2. The van der Waals surface area contributed by atoms with E-state index in [1.807, 2.05) is 29.3 Å². The number of anilines is 2. The molecule has 9 nitrogen and oxygen atoms in total. The second-order valence-corrected chi connectivity index (χ2v) is 11.9. The predicted octanol–water partition coefficient (Wildman–Crippen LogP) is 3.99. The van der Waals surface area contributed by atoms with Gasteiger partial charge in [0, 0.05) is 37.0 Å². The Kier molecular flexibility index (Phi) is 6.40. The molecular weight excluding hydrogens is 476 g/mol. The van der Waals surface area contributed by atoms with Crippen LogP contribution in [0.5, 0.6) is 0 Å². The highest BCUT2D eigenvalue weighted by molar-refractivity contribution is 7.92. The molecule has 1 amide bonds. The Morgan fingerprint density at radius 3 is 2.47 bits per heavy atom. The lowest BCUT2D eigenvalue weighted by molar-refractivity contribution is 0.0606. The van der Waals surface area contributed by atoms with Gasteiger partial charge in [0.1, 0.15) is 5.82 Å². The molecule has 0 saturated carbocycles. The van der Waals surface area contributed by atoms with Crippen molar-refractivity contribution >= 4 is 33.1 Å². The minimum atomic E-state index is -3.53. The van der Waals surface area contributed by atoms with E-state index in [0.29, 0.717) is 17.8 Å². The van der Waals surface area contributed by atoms with Crippen LogP contribution in [-0.4, -0.2) is 59.7 Å². The predicted molar refractivity (Wildman–Crippen MR) is 141 cm³/mol. The summed E-state index contributed by atoms with van der Waals surface area (Å²) in [6, 6.07) is 7.02. The van der Waals surface area contributed by atoms with Gasteiger partial charge >= 0.3 is 0 Å². The third kappa shape index (κ3) is 4.66. The number of carbonyl (C=O) groups is 1. The second-order valence-electron chi connectivity index (χ2n) is 10.1. The van der Waals surface area contributed by atoms with Crippen molar-refractivity contribution in [1.29, 1.82) is 0 Å². The largest absolute Gasteiger partial charge is 0.356 e. The zero-order chi connectivity index (χ0) is 25.6. The molecule has 5 rings (SSSR count). The van der Waals surface area contributed by atoms with E-state index in [1.165, 1.54) is 12.8 Å². The Balaban J connectivity index is 1.55. The van der Waals surface area contributed by atoms with Crippen LogP contribution in [0.2, 0.25) is 0 Å². The molecule has 36 heavy (non-hydrogen) atoms. The molecular formula is C26H34N6O3S. The van der Waals surface area contributed by atoms with Gasteiger partial charge in [-0.1, -0.05) is 11.6 Å². The SMILES string of the molecule is Cc1ccc(NS(C)(=O)=O)c(C(=O)N2CCCCC2c2cc3nc(C)c(C)c(N4CCCC4)n3n2)c1. The van der Waals surface area contributed by atoms with E-state index in [-0.39, 0.29) is 11.9 Å². The number of sulfonamides is 1. The molecule has 0 radical (unpaired) electrons. The van der Waals surface area contributed by atoms with E-state index >= 15 is 0 Å². The quantitative estimate of drug-likeness (QED) is 0.557. The van der Waals surface area contributed by atoms with E-state index < -0.39 is 10.0 Å². The molecule has 2 fully saturated rings. The van der Waals surface area contributed by atoms with Crippen LogP contribution in [0.25, 0.3) is 5.65 Å². The summed E-state index contributed by atoms with van der Waals surface area (Å²) in [4.78, 5) is 22.9. The highest BCUT2D eigenvalue weighted by Crippen LogP contribution is 2.35. The van der Waals surface area contributed by atoms with E-state index in [4.69, 9.17) is 10.1 Å². The van der Waals surface area contributed by atoms with Gasteiger partial charge in [0.25, 0.3) is 5.91 Å². The number of amides is 1. The summed E-state index contributed by atoms with van der Waals surface area (Å²) in [6.07, 6.45) is 6.12. The van der Waals surface area contributed by atoms with Crippen molar-refractivity contribution in [1.82, 2.24) is 19.5 Å². The lowest BCUT2D eigenvalue weighted by atomic mass is 9.97. The Hall–Kier alpha value is -3.14. The first kappa shape index (κ1) is 24.5. The fourth-order valence-electron chi connectivity index (χ4n) is 5.42. The first-order chi connectivity index (χ1) is 17.1. The molecule has 4 heterocycles. The Labute approximate surface area is 212 Å². The number of benzene rings is 1. The van der Waals surface area contributed by atoms with Crippen molar-refractivity contribution in [3.05, 3.63) is 52.3 Å². The van der Waals surface area contributed by atoms with Crippen LogP contribution in [0.1, 0.15) is 71.0 Å². The van der Waals surface area contributed by atoms with E-state index in [2.05, 4.69) is 16.5 Å². The van der Waals surface area contributed by atoms with Gasteiger partial charge in [-0.25, -0.2) is 13.4 Å². The summed E-state index contributed by atoms with van der Waals surface area (Å²) in [7, 11) is -3.53. The molecule has 1 atom stereocenters. The minimum Gasteiger partial charge on any atom is -0.356 e. The molecule has 192 valence electrons. The number of hydrogen-bond acceptors (Lipinski definition) is 6.